The molecular formula is C11H22N2O3S. The van der Waals surface area contributed by atoms with E-state index in [0.29, 0.717) is 12.3 Å². The van der Waals surface area contributed by atoms with E-state index in [0.717, 1.165) is 0 Å². The minimum absolute atomic E-state index is 0.0487. The second-order valence-corrected chi connectivity index (χ2v) is 7.46. The van der Waals surface area contributed by atoms with Crippen LogP contribution in [0.25, 0.3) is 0 Å². The number of hydrogen-bond donors (Lipinski definition) is 1. The number of nitrogens with two attached hydrogens (primary N) is 1. The third-order valence-electron chi connectivity index (χ3n) is 3.00. The quantitative estimate of drug-likeness (QED) is 0.776. The highest BCUT2D eigenvalue weighted by molar-refractivity contribution is 7.91. The van der Waals surface area contributed by atoms with Crippen molar-refractivity contribution in [3.63, 3.8) is 0 Å². The molecular weight excluding hydrogens is 240 g/mol. The number of rotatable bonds is 3. The van der Waals surface area contributed by atoms with Gasteiger partial charge in [-0.15, -0.1) is 0 Å². The van der Waals surface area contributed by atoms with E-state index in [-0.39, 0.29) is 30.0 Å². The Morgan fingerprint density at radius 2 is 2.06 bits per heavy atom. The molecule has 1 aliphatic heterocycles. The molecule has 100 valence electrons. The average Bonchev–Trinajstić information content (AvgIpc) is 2.14. The van der Waals surface area contributed by atoms with Crippen molar-refractivity contribution in [1.82, 2.24) is 4.90 Å². The number of sulfone groups is 1. The molecule has 17 heavy (non-hydrogen) atoms. The molecule has 6 heteroatoms. The Kier molecular flexibility index (Phi) is 4.55. The van der Waals surface area contributed by atoms with Crippen LogP contribution in [0.2, 0.25) is 0 Å². The lowest BCUT2D eigenvalue weighted by Gasteiger charge is -2.35. The highest BCUT2D eigenvalue weighted by atomic mass is 32.2. The molecule has 0 aromatic rings. The molecule has 0 aromatic heterocycles. The lowest BCUT2D eigenvalue weighted by Crippen LogP contribution is -2.54. The minimum atomic E-state index is -2.98. The molecule has 1 heterocycles. The van der Waals surface area contributed by atoms with Crippen LogP contribution in [0.4, 0.5) is 0 Å². The summed E-state index contributed by atoms with van der Waals surface area (Å²) in [4.78, 5) is 13.7. The molecule has 2 atom stereocenters. The molecule has 1 saturated heterocycles. The van der Waals surface area contributed by atoms with Crippen LogP contribution in [0.1, 0.15) is 27.2 Å². The maximum absolute atomic E-state index is 12.1. The third kappa shape index (κ3) is 3.96. The van der Waals surface area contributed by atoms with Gasteiger partial charge in [-0.1, -0.05) is 13.8 Å². The van der Waals surface area contributed by atoms with Gasteiger partial charge in [0.1, 0.15) is 0 Å². The molecule has 0 saturated carbocycles. The molecule has 0 bridgehead atoms. The van der Waals surface area contributed by atoms with Crippen LogP contribution >= 0.6 is 0 Å². The molecule has 1 amide bonds. The Bertz CT molecular complexity index is 378. The first-order chi connectivity index (χ1) is 7.73. The highest BCUT2D eigenvalue weighted by Crippen LogP contribution is 2.14. The van der Waals surface area contributed by atoms with E-state index in [1.54, 1.807) is 11.8 Å². The first kappa shape index (κ1) is 14.4. The Labute approximate surface area is 103 Å². The van der Waals surface area contributed by atoms with E-state index in [1.807, 2.05) is 13.8 Å². The normalized spacial score (nSPS) is 25.9. The van der Waals surface area contributed by atoms with Crippen LogP contribution in [-0.4, -0.2) is 49.4 Å². The fourth-order valence-electron chi connectivity index (χ4n) is 2.15. The lowest BCUT2D eigenvalue weighted by molar-refractivity contribution is -0.134. The van der Waals surface area contributed by atoms with Crippen molar-refractivity contribution in [2.45, 2.75) is 39.3 Å². The van der Waals surface area contributed by atoms with Gasteiger partial charge in [0.15, 0.2) is 9.84 Å². The first-order valence-electron chi connectivity index (χ1n) is 5.99. The molecule has 1 rings (SSSR count). The standard InChI is InChI=1S/C11H22N2O3S/c1-8(2)6-10(12)11(14)13-4-5-17(15,16)7-9(13)3/h8-10H,4-7,12H2,1-3H3/t9?,10-/m0/s1. The molecule has 0 radical (unpaired) electrons. The number of carbonyl (C=O) groups excluding carboxylic acids is 1. The molecule has 1 aliphatic rings. The summed E-state index contributed by atoms with van der Waals surface area (Å²) in [5.41, 5.74) is 5.84. The lowest BCUT2D eigenvalue weighted by atomic mass is 10.0. The van der Waals surface area contributed by atoms with Gasteiger partial charge >= 0.3 is 0 Å². The Morgan fingerprint density at radius 3 is 2.53 bits per heavy atom. The van der Waals surface area contributed by atoms with Gasteiger partial charge in [0, 0.05) is 12.6 Å². The summed E-state index contributed by atoms with van der Waals surface area (Å²) in [5, 5.41) is 0. The van der Waals surface area contributed by atoms with Gasteiger partial charge in [-0.05, 0) is 19.3 Å². The van der Waals surface area contributed by atoms with E-state index in [1.165, 1.54) is 0 Å². The smallest absolute Gasteiger partial charge is 0.239 e. The monoisotopic (exact) mass is 262 g/mol. The zero-order valence-corrected chi connectivity index (χ0v) is 11.5. The fraction of sp³-hybridized carbons (Fsp3) is 0.909. The molecule has 0 spiro atoms. The van der Waals surface area contributed by atoms with Gasteiger partial charge in [-0.3, -0.25) is 4.79 Å². The van der Waals surface area contributed by atoms with Gasteiger partial charge in [0.05, 0.1) is 17.5 Å². The van der Waals surface area contributed by atoms with Crippen LogP contribution in [0.15, 0.2) is 0 Å². The summed E-state index contributed by atoms with van der Waals surface area (Å²) in [6, 6.07) is -0.780. The number of carbonyl (C=O) groups is 1. The van der Waals surface area contributed by atoms with E-state index < -0.39 is 15.9 Å². The molecule has 1 unspecified atom stereocenters. The zero-order valence-electron chi connectivity index (χ0n) is 10.7. The van der Waals surface area contributed by atoms with Crippen LogP contribution in [0.5, 0.6) is 0 Å². The zero-order chi connectivity index (χ0) is 13.2. The Balaban J connectivity index is 2.65. The van der Waals surface area contributed by atoms with Crippen molar-refractivity contribution in [2.75, 3.05) is 18.1 Å². The summed E-state index contributed by atoms with van der Waals surface area (Å²) >= 11 is 0. The predicted octanol–water partition coefficient (Wildman–Crippen LogP) is 0.00530. The largest absolute Gasteiger partial charge is 0.337 e. The summed E-state index contributed by atoms with van der Waals surface area (Å²) in [7, 11) is -2.98. The highest BCUT2D eigenvalue weighted by Gasteiger charge is 2.33. The van der Waals surface area contributed by atoms with Gasteiger partial charge in [0.2, 0.25) is 5.91 Å². The van der Waals surface area contributed by atoms with Gasteiger partial charge in [-0.25, -0.2) is 8.42 Å². The van der Waals surface area contributed by atoms with Crippen LogP contribution < -0.4 is 5.73 Å². The Morgan fingerprint density at radius 1 is 1.47 bits per heavy atom. The van der Waals surface area contributed by atoms with Gasteiger partial charge in [-0.2, -0.15) is 0 Å². The van der Waals surface area contributed by atoms with Gasteiger partial charge in [0.25, 0.3) is 0 Å². The topological polar surface area (TPSA) is 80.5 Å². The Hall–Kier alpha value is -0.620. The molecule has 0 aromatic carbocycles. The van der Waals surface area contributed by atoms with Gasteiger partial charge < -0.3 is 10.6 Å². The molecule has 1 fully saturated rings. The van der Waals surface area contributed by atoms with Crippen LogP contribution in [0.3, 0.4) is 0 Å². The second kappa shape index (κ2) is 5.35. The predicted molar refractivity (Wildman–Crippen MR) is 67.3 cm³/mol. The second-order valence-electron chi connectivity index (χ2n) is 5.23. The van der Waals surface area contributed by atoms with E-state index in [4.69, 9.17) is 5.73 Å². The average molecular weight is 262 g/mol. The fourth-order valence-corrected chi connectivity index (χ4v) is 3.70. The summed E-state index contributed by atoms with van der Waals surface area (Å²) in [5.74, 6) is 0.337. The number of amides is 1. The third-order valence-corrected chi connectivity index (χ3v) is 4.79. The minimum Gasteiger partial charge on any atom is -0.337 e. The van der Waals surface area contributed by atoms with Crippen LogP contribution in [-0.2, 0) is 14.6 Å². The first-order valence-corrected chi connectivity index (χ1v) is 7.81. The molecule has 0 aliphatic carbocycles. The van der Waals surface area contributed by atoms with E-state index >= 15 is 0 Å². The molecule has 2 N–H and O–H groups in total. The number of nitrogens with zero attached hydrogens (tertiary/aromatic N) is 1. The molecule has 5 nitrogen and oxygen atoms in total. The summed E-state index contributed by atoms with van der Waals surface area (Å²) in [6.45, 7) is 6.05. The summed E-state index contributed by atoms with van der Waals surface area (Å²) in [6.07, 6.45) is 0.634. The SMILES string of the molecule is CC(C)C[C@H](N)C(=O)N1CCS(=O)(=O)CC1C. The summed E-state index contributed by atoms with van der Waals surface area (Å²) < 4.78 is 22.8. The van der Waals surface area contributed by atoms with E-state index in [2.05, 4.69) is 0 Å². The van der Waals surface area contributed by atoms with Crippen molar-refractivity contribution < 1.29 is 13.2 Å². The van der Waals surface area contributed by atoms with E-state index in [9.17, 15) is 13.2 Å². The maximum atomic E-state index is 12.1. The van der Waals surface area contributed by atoms with Crippen molar-refractivity contribution >= 4 is 15.7 Å². The van der Waals surface area contributed by atoms with Crippen molar-refractivity contribution in [3.05, 3.63) is 0 Å². The van der Waals surface area contributed by atoms with Crippen molar-refractivity contribution in [3.8, 4) is 0 Å². The number of hydrogen-bond acceptors (Lipinski definition) is 4. The van der Waals surface area contributed by atoms with Crippen molar-refractivity contribution in [2.24, 2.45) is 11.7 Å². The van der Waals surface area contributed by atoms with Crippen molar-refractivity contribution in [1.29, 1.82) is 0 Å². The van der Waals surface area contributed by atoms with Crippen LogP contribution in [0, 0.1) is 5.92 Å². The maximum Gasteiger partial charge on any atom is 0.239 e.